The summed E-state index contributed by atoms with van der Waals surface area (Å²) in [6, 6.07) is 9.68. The molecule has 0 aliphatic heterocycles. The molecule has 2 N–H and O–H groups in total. The van der Waals surface area contributed by atoms with Crippen LogP contribution < -0.4 is 10.6 Å². The van der Waals surface area contributed by atoms with Crippen LogP contribution in [-0.2, 0) is 6.54 Å². The SMILES string of the molecule is CNc1ccc(C)cc1C(=O)NCc1ccc(C)nc1. The molecule has 20 heavy (non-hydrogen) atoms. The highest BCUT2D eigenvalue weighted by atomic mass is 16.1. The first-order valence-electron chi connectivity index (χ1n) is 6.58. The van der Waals surface area contributed by atoms with Crippen LogP contribution in [0.25, 0.3) is 0 Å². The van der Waals surface area contributed by atoms with Crippen molar-refractivity contribution in [1.82, 2.24) is 10.3 Å². The van der Waals surface area contributed by atoms with Crippen LogP contribution in [0, 0.1) is 13.8 Å². The second-order valence-electron chi connectivity index (χ2n) is 4.79. The fourth-order valence-corrected chi connectivity index (χ4v) is 1.94. The molecule has 4 nitrogen and oxygen atoms in total. The lowest BCUT2D eigenvalue weighted by Crippen LogP contribution is -2.24. The zero-order chi connectivity index (χ0) is 14.5. The van der Waals surface area contributed by atoms with E-state index in [0.29, 0.717) is 12.1 Å². The van der Waals surface area contributed by atoms with Crippen LogP contribution in [0.15, 0.2) is 36.5 Å². The molecule has 2 aromatic rings. The van der Waals surface area contributed by atoms with E-state index in [0.717, 1.165) is 22.5 Å². The van der Waals surface area contributed by atoms with E-state index in [1.807, 2.05) is 51.2 Å². The van der Waals surface area contributed by atoms with Gasteiger partial charge in [0.2, 0.25) is 0 Å². The lowest BCUT2D eigenvalue weighted by atomic mass is 10.1. The molecule has 0 bridgehead atoms. The second kappa shape index (κ2) is 6.19. The molecule has 0 radical (unpaired) electrons. The van der Waals surface area contributed by atoms with Gasteiger partial charge >= 0.3 is 0 Å². The number of nitrogens with one attached hydrogen (secondary N) is 2. The second-order valence-corrected chi connectivity index (χ2v) is 4.79. The molecule has 0 saturated heterocycles. The summed E-state index contributed by atoms with van der Waals surface area (Å²) in [5.74, 6) is -0.0846. The van der Waals surface area contributed by atoms with Gasteiger partial charge in [0.25, 0.3) is 5.91 Å². The number of carbonyl (C=O) groups excluding carboxylic acids is 1. The lowest BCUT2D eigenvalue weighted by molar-refractivity contribution is 0.0951. The summed E-state index contributed by atoms with van der Waals surface area (Å²) in [4.78, 5) is 16.5. The Morgan fingerprint density at radius 3 is 2.65 bits per heavy atom. The molecule has 2 rings (SSSR count). The normalized spacial score (nSPS) is 10.2. The Morgan fingerprint density at radius 1 is 1.20 bits per heavy atom. The largest absolute Gasteiger partial charge is 0.387 e. The van der Waals surface area contributed by atoms with Crippen molar-refractivity contribution in [3.8, 4) is 0 Å². The summed E-state index contributed by atoms with van der Waals surface area (Å²) in [5.41, 5.74) is 4.51. The van der Waals surface area contributed by atoms with Crippen molar-refractivity contribution < 1.29 is 4.79 Å². The third kappa shape index (κ3) is 3.35. The van der Waals surface area contributed by atoms with Gasteiger partial charge in [0.1, 0.15) is 0 Å². The highest BCUT2D eigenvalue weighted by Crippen LogP contribution is 2.16. The van der Waals surface area contributed by atoms with Gasteiger partial charge in [0, 0.05) is 31.2 Å². The number of hydrogen-bond acceptors (Lipinski definition) is 3. The zero-order valence-corrected chi connectivity index (χ0v) is 12.0. The van der Waals surface area contributed by atoms with Crippen molar-refractivity contribution in [1.29, 1.82) is 0 Å². The van der Waals surface area contributed by atoms with E-state index < -0.39 is 0 Å². The van der Waals surface area contributed by atoms with E-state index in [-0.39, 0.29) is 5.91 Å². The minimum atomic E-state index is -0.0846. The Labute approximate surface area is 119 Å². The lowest BCUT2D eigenvalue weighted by Gasteiger charge is -2.11. The summed E-state index contributed by atoms with van der Waals surface area (Å²) >= 11 is 0. The average molecular weight is 269 g/mol. The summed E-state index contributed by atoms with van der Waals surface area (Å²) in [7, 11) is 1.81. The van der Waals surface area contributed by atoms with Crippen molar-refractivity contribution >= 4 is 11.6 Å². The number of nitrogens with zero attached hydrogens (tertiary/aromatic N) is 1. The van der Waals surface area contributed by atoms with Crippen molar-refractivity contribution in [3.05, 3.63) is 58.9 Å². The molecule has 1 heterocycles. The molecule has 104 valence electrons. The molecular weight excluding hydrogens is 250 g/mol. The minimum absolute atomic E-state index is 0.0846. The summed E-state index contributed by atoms with van der Waals surface area (Å²) in [5, 5.41) is 5.95. The molecule has 0 atom stereocenters. The van der Waals surface area contributed by atoms with Gasteiger partial charge in [-0.1, -0.05) is 17.7 Å². The zero-order valence-electron chi connectivity index (χ0n) is 12.0. The maximum atomic E-state index is 12.2. The quantitative estimate of drug-likeness (QED) is 0.897. The predicted molar refractivity (Wildman–Crippen MR) is 80.9 cm³/mol. The Hall–Kier alpha value is -2.36. The van der Waals surface area contributed by atoms with Crippen LogP contribution in [0.4, 0.5) is 5.69 Å². The van der Waals surface area contributed by atoms with Crippen LogP contribution in [0.3, 0.4) is 0 Å². The standard InChI is InChI=1S/C16H19N3O/c1-11-4-7-15(17-3)14(8-11)16(20)19-10-13-6-5-12(2)18-9-13/h4-9,17H,10H2,1-3H3,(H,19,20). The smallest absolute Gasteiger partial charge is 0.253 e. The molecule has 0 spiro atoms. The summed E-state index contributed by atoms with van der Waals surface area (Å²) in [6.07, 6.45) is 1.78. The number of hydrogen-bond donors (Lipinski definition) is 2. The number of pyridine rings is 1. The van der Waals surface area contributed by atoms with Crippen LogP contribution in [0.2, 0.25) is 0 Å². The number of rotatable bonds is 4. The molecule has 0 aliphatic carbocycles. The van der Waals surface area contributed by atoms with E-state index in [9.17, 15) is 4.79 Å². The summed E-state index contributed by atoms with van der Waals surface area (Å²) < 4.78 is 0. The third-order valence-electron chi connectivity index (χ3n) is 3.11. The van der Waals surface area contributed by atoms with Gasteiger partial charge in [-0.15, -0.1) is 0 Å². The van der Waals surface area contributed by atoms with E-state index in [4.69, 9.17) is 0 Å². The maximum absolute atomic E-state index is 12.2. The Bertz CT molecular complexity index is 606. The van der Waals surface area contributed by atoms with Gasteiger partial charge in [0.05, 0.1) is 5.56 Å². The van der Waals surface area contributed by atoms with Crippen LogP contribution in [0.5, 0.6) is 0 Å². The summed E-state index contributed by atoms with van der Waals surface area (Å²) in [6.45, 7) is 4.39. The molecule has 1 amide bonds. The first kappa shape index (κ1) is 14.1. The number of aryl methyl sites for hydroxylation is 2. The van der Waals surface area contributed by atoms with Crippen LogP contribution >= 0.6 is 0 Å². The molecule has 0 fully saturated rings. The van der Waals surface area contributed by atoms with E-state index >= 15 is 0 Å². The molecular formula is C16H19N3O. The molecule has 0 unspecified atom stereocenters. The van der Waals surface area contributed by atoms with E-state index in [1.54, 1.807) is 6.20 Å². The van der Waals surface area contributed by atoms with Gasteiger partial charge in [-0.2, -0.15) is 0 Å². The molecule has 0 aliphatic rings. The van der Waals surface area contributed by atoms with Crippen molar-refractivity contribution in [2.24, 2.45) is 0 Å². The maximum Gasteiger partial charge on any atom is 0.253 e. The fraction of sp³-hybridized carbons (Fsp3) is 0.250. The minimum Gasteiger partial charge on any atom is -0.387 e. The first-order chi connectivity index (χ1) is 9.60. The van der Waals surface area contributed by atoms with Gasteiger partial charge in [-0.25, -0.2) is 0 Å². The van der Waals surface area contributed by atoms with Crippen LogP contribution in [-0.4, -0.2) is 17.9 Å². The topological polar surface area (TPSA) is 54.0 Å². The molecule has 4 heteroatoms. The number of anilines is 1. The number of carbonyl (C=O) groups is 1. The highest BCUT2D eigenvalue weighted by Gasteiger charge is 2.10. The van der Waals surface area contributed by atoms with E-state index in [2.05, 4.69) is 15.6 Å². The van der Waals surface area contributed by atoms with Crippen molar-refractivity contribution in [3.63, 3.8) is 0 Å². The third-order valence-corrected chi connectivity index (χ3v) is 3.11. The van der Waals surface area contributed by atoms with Crippen LogP contribution in [0.1, 0.15) is 27.2 Å². The van der Waals surface area contributed by atoms with Gasteiger partial charge < -0.3 is 10.6 Å². The van der Waals surface area contributed by atoms with Crippen molar-refractivity contribution in [2.75, 3.05) is 12.4 Å². The highest BCUT2D eigenvalue weighted by molar-refractivity contribution is 5.99. The Morgan fingerprint density at radius 2 is 2.00 bits per heavy atom. The van der Waals surface area contributed by atoms with Gasteiger partial charge in [0.15, 0.2) is 0 Å². The Balaban J connectivity index is 2.08. The molecule has 1 aromatic heterocycles. The first-order valence-corrected chi connectivity index (χ1v) is 6.58. The van der Waals surface area contributed by atoms with E-state index in [1.165, 1.54) is 0 Å². The average Bonchev–Trinajstić information content (AvgIpc) is 2.46. The number of benzene rings is 1. The predicted octanol–water partition coefficient (Wildman–Crippen LogP) is 2.67. The number of aromatic nitrogens is 1. The monoisotopic (exact) mass is 269 g/mol. The number of amides is 1. The fourth-order valence-electron chi connectivity index (χ4n) is 1.94. The molecule has 0 saturated carbocycles. The Kier molecular flexibility index (Phi) is 4.35. The van der Waals surface area contributed by atoms with Crippen molar-refractivity contribution in [2.45, 2.75) is 20.4 Å². The van der Waals surface area contributed by atoms with Gasteiger partial charge in [-0.05, 0) is 37.6 Å². The van der Waals surface area contributed by atoms with Gasteiger partial charge in [-0.3, -0.25) is 9.78 Å². The molecule has 1 aromatic carbocycles.